The van der Waals surface area contributed by atoms with E-state index in [1.54, 1.807) is 4.68 Å². The third-order valence-electron chi connectivity index (χ3n) is 3.35. The molecule has 0 saturated carbocycles. The molecule has 1 aromatic heterocycles. The molecule has 5 heteroatoms. The average Bonchev–Trinajstić information content (AvgIpc) is 2.75. The highest BCUT2D eigenvalue weighted by molar-refractivity contribution is 9.10. The smallest absolute Gasteiger partial charge is 0.0864 e. The zero-order valence-corrected chi connectivity index (χ0v) is 15.0. The highest BCUT2D eigenvalue weighted by atomic mass is 79.9. The molecule has 1 N–H and O–H groups in total. The van der Waals surface area contributed by atoms with Crippen molar-refractivity contribution < 1.29 is 5.11 Å². The maximum atomic E-state index is 10.6. The van der Waals surface area contributed by atoms with Gasteiger partial charge in [-0.05, 0) is 17.7 Å². The summed E-state index contributed by atoms with van der Waals surface area (Å²) in [6.07, 6.45) is 1.74. The third kappa shape index (κ3) is 3.87. The second kappa shape index (κ2) is 6.11. The van der Waals surface area contributed by atoms with E-state index in [1.807, 2.05) is 31.4 Å². The van der Waals surface area contributed by atoms with Crippen LogP contribution in [0.25, 0.3) is 0 Å². The molecule has 0 amide bonds. The largest absolute Gasteiger partial charge is 0.388 e. The normalized spacial score (nSPS) is 13.5. The summed E-state index contributed by atoms with van der Waals surface area (Å²) in [6, 6.07) is 5.71. The van der Waals surface area contributed by atoms with Gasteiger partial charge in [-0.15, -0.1) is 0 Å². The van der Waals surface area contributed by atoms with Crippen LogP contribution >= 0.6 is 27.5 Å². The van der Waals surface area contributed by atoms with Gasteiger partial charge < -0.3 is 5.11 Å². The molecular weight excluding hydrogens is 352 g/mol. The predicted octanol–water partition coefficient (Wildman–Crippen LogP) is 4.41. The molecule has 3 nitrogen and oxygen atoms in total. The molecule has 21 heavy (non-hydrogen) atoms. The summed E-state index contributed by atoms with van der Waals surface area (Å²) in [5, 5.41) is 15.8. The van der Waals surface area contributed by atoms with E-state index in [4.69, 9.17) is 11.6 Å². The monoisotopic (exact) mass is 370 g/mol. The molecule has 0 radical (unpaired) electrons. The third-order valence-corrected chi connectivity index (χ3v) is 4.20. The van der Waals surface area contributed by atoms with Crippen LogP contribution in [0.2, 0.25) is 5.02 Å². The van der Waals surface area contributed by atoms with Crippen molar-refractivity contribution in [3.63, 3.8) is 0 Å². The van der Waals surface area contributed by atoms with Crippen molar-refractivity contribution in [2.45, 2.75) is 38.7 Å². The number of nitrogens with zero attached hydrogens (tertiary/aromatic N) is 2. The summed E-state index contributed by atoms with van der Waals surface area (Å²) in [4.78, 5) is 0. The molecule has 2 rings (SSSR count). The van der Waals surface area contributed by atoms with Crippen molar-refractivity contribution in [3.05, 3.63) is 50.7 Å². The summed E-state index contributed by atoms with van der Waals surface area (Å²) >= 11 is 9.62. The molecule has 2 aromatic rings. The van der Waals surface area contributed by atoms with Crippen LogP contribution in [-0.4, -0.2) is 14.9 Å². The Kier molecular flexibility index (Phi) is 4.81. The fraction of sp³-hybridized carbons (Fsp3) is 0.438. The van der Waals surface area contributed by atoms with Crippen molar-refractivity contribution in [1.29, 1.82) is 0 Å². The first-order valence-electron chi connectivity index (χ1n) is 6.84. The Balaban J connectivity index is 2.30. The van der Waals surface area contributed by atoms with Gasteiger partial charge in [-0.2, -0.15) is 5.10 Å². The Morgan fingerprint density at radius 3 is 2.62 bits per heavy atom. The van der Waals surface area contributed by atoms with Gasteiger partial charge in [-0.1, -0.05) is 54.4 Å². The second-order valence-corrected chi connectivity index (χ2v) is 7.64. The van der Waals surface area contributed by atoms with E-state index in [0.29, 0.717) is 11.4 Å². The van der Waals surface area contributed by atoms with Gasteiger partial charge in [0.05, 0.1) is 11.8 Å². The number of aliphatic hydroxyl groups is 1. The van der Waals surface area contributed by atoms with Crippen LogP contribution in [-0.2, 0) is 18.9 Å². The lowest BCUT2D eigenvalue weighted by molar-refractivity contribution is 0.176. The van der Waals surface area contributed by atoms with Gasteiger partial charge in [0.1, 0.15) is 0 Å². The van der Waals surface area contributed by atoms with E-state index in [-0.39, 0.29) is 5.41 Å². The first-order valence-corrected chi connectivity index (χ1v) is 8.01. The number of benzene rings is 1. The van der Waals surface area contributed by atoms with Crippen LogP contribution in [0.5, 0.6) is 0 Å². The van der Waals surface area contributed by atoms with Crippen LogP contribution in [0.4, 0.5) is 0 Å². The van der Waals surface area contributed by atoms with Gasteiger partial charge in [0.25, 0.3) is 0 Å². The Hall–Kier alpha value is -0.840. The van der Waals surface area contributed by atoms with E-state index < -0.39 is 6.10 Å². The van der Waals surface area contributed by atoms with E-state index in [9.17, 15) is 5.11 Å². The molecule has 1 unspecified atom stereocenters. The number of halogens is 2. The SMILES string of the molecule is Cn1cc(C(O)Cc2ccc(Br)cc2Cl)c(C(C)(C)C)n1. The predicted molar refractivity (Wildman–Crippen MR) is 89.7 cm³/mol. The van der Waals surface area contributed by atoms with Crippen molar-refractivity contribution in [3.8, 4) is 0 Å². The number of hydrogen-bond donors (Lipinski definition) is 1. The van der Waals surface area contributed by atoms with Gasteiger partial charge in [-0.25, -0.2) is 0 Å². The highest BCUT2D eigenvalue weighted by Crippen LogP contribution is 2.31. The summed E-state index contributed by atoms with van der Waals surface area (Å²) in [5.74, 6) is 0. The standard InChI is InChI=1S/C16H20BrClN2O/c1-16(2,3)15-12(9-20(4)19-15)14(21)7-10-5-6-11(17)8-13(10)18/h5-6,8-9,14,21H,7H2,1-4H3. The fourth-order valence-electron chi connectivity index (χ4n) is 2.34. The van der Waals surface area contributed by atoms with Crippen molar-refractivity contribution in [2.75, 3.05) is 0 Å². The second-order valence-electron chi connectivity index (χ2n) is 6.31. The maximum Gasteiger partial charge on any atom is 0.0864 e. The molecule has 0 bridgehead atoms. The zero-order chi connectivity index (χ0) is 15.8. The Bertz CT molecular complexity index is 646. The first kappa shape index (κ1) is 16.5. The minimum absolute atomic E-state index is 0.110. The summed E-state index contributed by atoms with van der Waals surface area (Å²) < 4.78 is 2.69. The molecule has 0 aliphatic heterocycles. The molecule has 1 atom stereocenters. The van der Waals surface area contributed by atoms with Gasteiger partial charge in [0.15, 0.2) is 0 Å². The van der Waals surface area contributed by atoms with Crippen LogP contribution in [0.15, 0.2) is 28.9 Å². The number of aliphatic hydroxyl groups excluding tert-OH is 1. The Morgan fingerprint density at radius 2 is 2.05 bits per heavy atom. The van der Waals surface area contributed by atoms with Gasteiger partial charge in [0.2, 0.25) is 0 Å². The summed E-state index contributed by atoms with van der Waals surface area (Å²) in [5.41, 5.74) is 2.60. The molecule has 1 heterocycles. The fourth-order valence-corrected chi connectivity index (χ4v) is 3.09. The molecule has 114 valence electrons. The first-order chi connectivity index (χ1) is 9.68. The van der Waals surface area contributed by atoms with Gasteiger partial charge >= 0.3 is 0 Å². The number of aryl methyl sites for hydroxylation is 1. The van der Waals surface area contributed by atoms with Gasteiger partial charge in [-0.3, -0.25) is 4.68 Å². The van der Waals surface area contributed by atoms with Crippen LogP contribution in [0.1, 0.15) is 43.7 Å². The lowest BCUT2D eigenvalue weighted by Crippen LogP contribution is -2.17. The molecule has 1 aromatic carbocycles. The van der Waals surface area contributed by atoms with E-state index in [0.717, 1.165) is 21.3 Å². The highest BCUT2D eigenvalue weighted by Gasteiger charge is 2.26. The summed E-state index contributed by atoms with van der Waals surface area (Å²) in [7, 11) is 1.87. The zero-order valence-electron chi connectivity index (χ0n) is 12.7. The number of aromatic nitrogens is 2. The van der Waals surface area contributed by atoms with Crippen molar-refractivity contribution in [2.24, 2.45) is 7.05 Å². The molecule has 0 saturated heterocycles. The Morgan fingerprint density at radius 1 is 1.38 bits per heavy atom. The molecule has 0 fully saturated rings. The molecule has 0 aliphatic carbocycles. The van der Waals surface area contributed by atoms with Crippen LogP contribution in [0.3, 0.4) is 0 Å². The molecule has 0 spiro atoms. The molecular formula is C16H20BrClN2O. The summed E-state index contributed by atoms with van der Waals surface area (Å²) in [6.45, 7) is 6.29. The van der Waals surface area contributed by atoms with Gasteiger partial charge in [0, 0.05) is 40.1 Å². The quantitative estimate of drug-likeness (QED) is 0.868. The van der Waals surface area contributed by atoms with E-state index in [1.165, 1.54) is 0 Å². The minimum atomic E-state index is -0.619. The maximum absolute atomic E-state index is 10.6. The number of hydrogen-bond acceptors (Lipinski definition) is 2. The topological polar surface area (TPSA) is 38.0 Å². The van der Waals surface area contributed by atoms with Crippen molar-refractivity contribution in [1.82, 2.24) is 9.78 Å². The lowest BCUT2D eigenvalue weighted by Gasteiger charge is -2.20. The molecule has 0 aliphatic rings. The van der Waals surface area contributed by atoms with E-state index in [2.05, 4.69) is 41.8 Å². The minimum Gasteiger partial charge on any atom is -0.388 e. The van der Waals surface area contributed by atoms with Crippen LogP contribution < -0.4 is 0 Å². The Labute approximate surface area is 139 Å². The number of rotatable bonds is 3. The van der Waals surface area contributed by atoms with Crippen LogP contribution in [0, 0.1) is 0 Å². The lowest BCUT2D eigenvalue weighted by atomic mass is 9.87. The van der Waals surface area contributed by atoms with E-state index >= 15 is 0 Å². The van der Waals surface area contributed by atoms with Crippen molar-refractivity contribution >= 4 is 27.5 Å². The average molecular weight is 372 g/mol.